The summed E-state index contributed by atoms with van der Waals surface area (Å²) >= 11 is 0. The van der Waals surface area contributed by atoms with E-state index >= 15 is 0 Å². The Kier molecular flexibility index (Phi) is 3.64. The van der Waals surface area contributed by atoms with Gasteiger partial charge in [0.15, 0.2) is 0 Å². The number of fused-ring (bicyclic) bond motifs is 2. The highest BCUT2D eigenvalue weighted by molar-refractivity contribution is 6.01. The Labute approximate surface area is 122 Å². The second-order valence-corrected chi connectivity index (χ2v) is 7.88. The van der Waals surface area contributed by atoms with Gasteiger partial charge in [-0.1, -0.05) is 33.6 Å². The van der Waals surface area contributed by atoms with Gasteiger partial charge < -0.3 is 4.90 Å². The average Bonchev–Trinajstić information content (AvgIpc) is 2.61. The van der Waals surface area contributed by atoms with E-state index in [2.05, 4.69) is 20.8 Å². The molecule has 2 fully saturated rings. The maximum atomic E-state index is 12.7. The molecular formula is C17H28N2O. The molecule has 2 heterocycles. The van der Waals surface area contributed by atoms with Gasteiger partial charge in [-0.3, -0.25) is 9.79 Å². The van der Waals surface area contributed by atoms with Gasteiger partial charge >= 0.3 is 0 Å². The van der Waals surface area contributed by atoms with Gasteiger partial charge in [-0.2, -0.15) is 0 Å². The van der Waals surface area contributed by atoms with E-state index < -0.39 is 0 Å². The van der Waals surface area contributed by atoms with Crippen molar-refractivity contribution in [3.05, 3.63) is 0 Å². The Morgan fingerprint density at radius 1 is 1.10 bits per heavy atom. The normalized spacial score (nSPS) is 35.0. The van der Waals surface area contributed by atoms with Gasteiger partial charge in [0, 0.05) is 13.0 Å². The molecule has 3 heteroatoms. The highest BCUT2D eigenvalue weighted by Gasteiger charge is 2.41. The molecule has 0 N–H and O–H groups in total. The summed E-state index contributed by atoms with van der Waals surface area (Å²) in [6.07, 6.45) is 7.94. The first-order chi connectivity index (χ1) is 9.47. The molecule has 0 bridgehead atoms. The Morgan fingerprint density at radius 3 is 2.60 bits per heavy atom. The first kappa shape index (κ1) is 14.1. The largest absolute Gasteiger partial charge is 0.300 e. The number of amides is 1. The number of aliphatic imine (C=N–C) groups is 1. The summed E-state index contributed by atoms with van der Waals surface area (Å²) in [4.78, 5) is 19.8. The van der Waals surface area contributed by atoms with Crippen LogP contribution < -0.4 is 0 Å². The number of hydrogen-bond donors (Lipinski definition) is 0. The third-order valence-corrected chi connectivity index (χ3v) is 5.58. The highest BCUT2D eigenvalue weighted by atomic mass is 16.2. The lowest BCUT2D eigenvalue weighted by molar-refractivity contribution is -0.134. The van der Waals surface area contributed by atoms with Crippen LogP contribution in [0.3, 0.4) is 0 Å². The zero-order valence-electron chi connectivity index (χ0n) is 13.2. The van der Waals surface area contributed by atoms with Gasteiger partial charge in [-0.05, 0) is 37.0 Å². The van der Waals surface area contributed by atoms with Crippen molar-refractivity contribution >= 4 is 11.7 Å². The molecule has 112 valence electrons. The van der Waals surface area contributed by atoms with Gasteiger partial charge in [0.1, 0.15) is 5.84 Å². The van der Waals surface area contributed by atoms with Crippen LogP contribution in [0.25, 0.3) is 0 Å². The van der Waals surface area contributed by atoms with E-state index in [4.69, 9.17) is 4.99 Å². The van der Waals surface area contributed by atoms with Crippen molar-refractivity contribution in [2.75, 3.05) is 6.54 Å². The summed E-state index contributed by atoms with van der Waals surface area (Å²) in [5.41, 5.74) is 0.338. The summed E-state index contributed by atoms with van der Waals surface area (Å²) in [5, 5.41) is 0. The van der Waals surface area contributed by atoms with Gasteiger partial charge in [0.25, 0.3) is 0 Å². The smallest absolute Gasteiger partial charge is 0.233 e. The lowest BCUT2D eigenvalue weighted by Gasteiger charge is -2.38. The maximum absolute atomic E-state index is 12.7. The van der Waals surface area contributed by atoms with E-state index in [1.165, 1.54) is 19.3 Å². The first-order valence-electron chi connectivity index (χ1n) is 8.35. The number of carbonyl (C=O) groups is 1. The number of nitrogens with zero attached hydrogens (tertiary/aromatic N) is 2. The molecule has 0 aromatic carbocycles. The van der Waals surface area contributed by atoms with Crippen LogP contribution in [0.15, 0.2) is 4.99 Å². The van der Waals surface area contributed by atoms with E-state index in [1.807, 2.05) is 4.90 Å². The van der Waals surface area contributed by atoms with Crippen molar-refractivity contribution < 1.29 is 4.79 Å². The number of amidine groups is 1. The van der Waals surface area contributed by atoms with E-state index in [0.29, 0.717) is 23.3 Å². The maximum Gasteiger partial charge on any atom is 0.233 e. The van der Waals surface area contributed by atoms with E-state index in [1.54, 1.807) is 0 Å². The fourth-order valence-electron chi connectivity index (χ4n) is 4.18. The van der Waals surface area contributed by atoms with Crippen molar-refractivity contribution in [3.63, 3.8) is 0 Å². The standard InChI is InChI=1S/C17H28N2O/c1-17(2,3)12-8-9-15-18-14-7-5-4-6-13(14)16(20)19(15)11-10-12/h12-14H,4-11H2,1-3H3. The van der Waals surface area contributed by atoms with E-state index in [-0.39, 0.29) is 5.92 Å². The Morgan fingerprint density at radius 2 is 1.85 bits per heavy atom. The van der Waals surface area contributed by atoms with E-state index in [0.717, 1.165) is 38.1 Å². The van der Waals surface area contributed by atoms with Crippen LogP contribution in [0.4, 0.5) is 0 Å². The Balaban J connectivity index is 1.81. The lowest BCUT2D eigenvalue weighted by Crippen LogP contribution is -2.49. The van der Waals surface area contributed by atoms with Gasteiger partial charge in [-0.15, -0.1) is 0 Å². The fourth-order valence-corrected chi connectivity index (χ4v) is 4.18. The molecule has 1 saturated carbocycles. The number of rotatable bonds is 0. The molecule has 3 atom stereocenters. The molecule has 0 aromatic heterocycles. The molecule has 3 unspecified atom stereocenters. The van der Waals surface area contributed by atoms with Crippen LogP contribution in [-0.2, 0) is 4.79 Å². The molecule has 2 aliphatic heterocycles. The molecular weight excluding hydrogens is 248 g/mol. The minimum Gasteiger partial charge on any atom is -0.300 e. The second kappa shape index (κ2) is 5.16. The van der Waals surface area contributed by atoms with Crippen LogP contribution in [0, 0.1) is 17.3 Å². The molecule has 3 nitrogen and oxygen atoms in total. The molecule has 3 rings (SSSR count). The number of carbonyl (C=O) groups excluding carboxylic acids is 1. The van der Waals surface area contributed by atoms with Crippen LogP contribution >= 0.6 is 0 Å². The molecule has 1 saturated heterocycles. The molecule has 1 aliphatic carbocycles. The van der Waals surface area contributed by atoms with Crippen molar-refractivity contribution in [2.45, 2.75) is 71.8 Å². The first-order valence-corrected chi connectivity index (χ1v) is 8.35. The topological polar surface area (TPSA) is 32.7 Å². The molecule has 1 amide bonds. The zero-order chi connectivity index (χ0) is 14.3. The average molecular weight is 276 g/mol. The molecule has 3 aliphatic rings. The molecule has 20 heavy (non-hydrogen) atoms. The Bertz CT molecular complexity index is 421. The predicted octanol–water partition coefficient (Wildman–Crippen LogP) is 3.63. The van der Waals surface area contributed by atoms with Crippen LogP contribution in [0.1, 0.15) is 65.7 Å². The third kappa shape index (κ3) is 2.51. The number of hydrogen-bond acceptors (Lipinski definition) is 2. The highest BCUT2D eigenvalue weighted by Crippen LogP contribution is 2.38. The predicted molar refractivity (Wildman–Crippen MR) is 81.7 cm³/mol. The minimum atomic E-state index is 0.193. The SMILES string of the molecule is CC(C)(C)C1CCC2=NC3CCCCC3C(=O)N2CC1. The van der Waals surface area contributed by atoms with Gasteiger partial charge in [-0.25, -0.2) is 0 Å². The minimum absolute atomic E-state index is 0.193. The zero-order valence-corrected chi connectivity index (χ0v) is 13.2. The Hall–Kier alpha value is -0.860. The summed E-state index contributed by atoms with van der Waals surface area (Å²) in [6.45, 7) is 7.87. The van der Waals surface area contributed by atoms with Gasteiger partial charge in [0.2, 0.25) is 5.91 Å². The summed E-state index contributed by atoms with van der Waals surface area (Å²) in [5.74, 6) is 2.38. The summed E-state index contributed by atoms with van der Waals surface area (Å²) < 4.78 is 0. The van der Waals surface area contributed by atoms with E-state index in [9.17, 15) is 4.79 Å². The van der Waals surface area contributed by atoms with Crippen molar-refractivity contribution in [1.29, 1.82) is 0 Å². The summed E-state index contributed by atoms with van der Waals surface area (Å²) in [7, 11) is 0. The lowest BCUT2D eigenvalue weighted by atomic mass is 9.76. The molecule has 0 aromatic rings. The molecule has 0 radical (unpaired) electrons. The second-order valence-electron chi connectivity index (χ2n) is 7.88. The van der Waals surface area contributed by atoms with Crippen LogP contribution in [-0.4, -0.2) is 29.2 Å². The van der Waals surface area contributed by atoms with Crippen molar-refractivity contribution in [1.82, 2.24) is 4.90 Å². The monoisotopic (exact) mass is 276 g/mol. The fraction of sp³-hybridized carbons (Fsp3) is 0.882. The van der Waals surface area contributed by atoms with Crippen LogP contribution in [0.5, 0.6) is 0 Å². The quantitative estimate of drug-likeness (QED) is 0.665. The van der Waals surface area contributed by atoms with Crippen molar-refractivity contribution in [2.24, 2.45) is 22.2 Å². The molecule has 0 spiro atoms. The van der Waals surface area contributed by atoms with Crippen molar-refractivity contribution in [3.8, 4) is 0 Å². The third-order valence-electron chi connectivity index (χ3n) is 5.58. The summed E-state index contributed by atoms with van der Waals surface area (Å²) in [6, 6.07) is 0.300. The van der Waals surface area contributed by atoms with Crippen LogP contribution in [0.2, 0.25) is 0 Å². The van der Waals surface area contributed by atoms with Gasteiger partial charge in [0.05, 0.1) is 12.0 Å².